The fourth-order valence-electron chi connectivity index (χ4n) is 0.801. The number of nitrogens with zero attached hydrogens (tertiary/aromatic N) is 2. The Kier molecular flexibility index (Phi) is 3.51. The molecule has 3 N–H and O–H groups in total. The Hall–Kier alpha value is -1.31. The van der Waals surface area contributed by atoms with Gasteiger partial charge in [0.15, 0.2) is 0 Å². The molecule has 0 radical (unpaired) electrons. The predicted octanol–water partition coefficient (Wildman–Crippen LogP) is 1.45. The van der Waals surface area contributed by atoms with Crippen LogP contribution in [0.15, 0.2) is 4.42 Å². The van der Waals surface area contributed by atoms with Crippen molar-refractivity contribution in [1.29, 1.82) is 0 Å². The highest BCUT2D eigenvalue weighted by Gasteiger charge is 2.26. The molecule has 0 aromatic carbocycles. The van der Waals surface area contributed by atoms with Crippen molar-refractivity contribution in [2.24, 2.45) is 5.73 Å². The fraction of sp³-hybridized carbons (Fsp3) is 0.714. The van der Waals surface area contributed by atoms with Gasteiger partial charge in [-0.25, -0.2) is 0 Å². The summed E-state index contributed by atoms with van der Waals surface area (Å²) in [6.07, 6.45) is -5.15. The maximum absolute atomic E-state index is 11.8. The van der Waals surface area contributed by atoms with E-state index in [1.165, 1.54) is 0 Å². The minimum atomic E-state index is -4.20. The molecule has 0 fully saturated rings. The van der Waals surface area contributed by atoms with Crippen molar-refractivity contribution >= 4 is 6.01 Å². The van der Waals surface area contributed by atoms with Crippen molar-refractivity contribution in [3.63, 3.8) is 0 Å². The predicted molar refractivity (Wildman–Crippen MR) is 46.1 cm³/mol. The van der Waals surface area contributed by atoms with Crippen molar-refractivity contribution < 1.29 is 17.6 Å². The summed E-state index contributed by atoms with van der Waals surface area (Å²) in [6, 6.07) is -0.484. The van der Waals surface area contributed by atoms with E-state index in [4.69, 9.17) is 10.2 Å². The summed E-state index contributed by atoms with van der Waals surface area (Å²) in [4.78, 5) is 0. The first-order valence-electron chi connectivity index (χ1n) is 4.28. The topological polar surface area (TPSA) is 77.0 Å². The van der Waals surface area contributed by atoms with Gasteiger partial charge in [0, 0.05) is 6.54 Å². The smallest absolute Gasteiger partial charge is 0.390 e. The molecule has 1 atom stereocenters. The van der Waals surface area contributed by atoms with Crippen LogP contribution in [0, 0.1) is 0 Å². The Morgan fingerprint density at radius 1 is 1.47 bits per heavy atom. The van der Waals surface area contributed by atoms with Crippen LogP contribution < -0.4 is 11.1 Å². The maximum atomic E-state index is 11.8. The molecule has 0 bridgehead atoms. The van der Waals surface area contributed by atoms with Gasteiger partial charge in [-0.05, 0) is 6.92 Å². The van der Waals surface area contributed by atoms with Gasteiger partial charge in [0.2, 0.25) is 5.89 Å². The van der Waals surface area contributed by atoms with Crippen LogP contribution in [-0.2, 0) is 0 Å². The van der Waals surface area contributed by atoms with Gasteiger partial charge >= 0.3 is 12.2 Å². The minimum Gasteiger partial charge on any atom is -0.406 e. The standard InChI is InChI=1S/C7H11F3N4O/c1-4(11)5-13-14-6(15-5)12-3-2-7(8,9)10/h4H,2-3,11H2,1H3,(H,12,14). The molecule has 0 spiro atoms. The number of nitrogens with one attached hydrogen (secondary N) is 1. The van der Waals surface area contributed by atoms with E-state index in [0.29, 0.717) is 0 Å². The van der Waals surface area contributed by atoms with Crippen LogP contribution in [0.2, 0.25) is 0 Å². The Labute approximate surface area is 83.8 Å². The van der Waals surface area contributed by atoms with Gasteiger partial charge in [-0.15, -0.1) is 5.10 Å². The number of anilines is 1. The number of hydrogen-bond acceptors (Lipinski definition) is 5. The summed E-state index contributed by atoms with van der Waals surface area (Å²) in [5.41, 5.74) is 5.42. The number of halogens is 3. The van der Waals surface area contributed by atoms with Gasteiger partial charge in [-0.1, -0.05) is 5.10 Å². The van der Waals surface area contributed by atoms with Crippen molar-refractivity contribution in [2.75, 3.05) is 11.9 Å². The van der Waals surface area contributed by atoms with E-state index in [0.717, 1.165) is 0 Å². The zero-order valence-corrected chi connectivity index (χ0v) is 8.01. The van der Waals surface area contributed by atoms with Crippen LogP contribution in [0.25, 0.3) is 0 Å². The SMILES string of the molecule is CC(N)c1nnc(NCCC(F)(F)F)o1. The molecule has 0 saturated carbocycles. The van der Waals surface area contributed by atoms with Crippen LogP contribution >= 0.6 is 0 Å². The molecule has 0 aliphatic carbocycles. The highest BCUT2D eigenvalue weighted by molar-refractivity contribution is 5.16. The monoisotopic (exact) mass is 224 g/mol. The molecule has 15 heavy (non-hydrogen) atoms. The lowest BCUT2D eigenvalue weighted by Gasteiger charge is -2.05. The molecule has 8 heteroatoms. The van der Waals surface area contributed by atoms with E-state index < -0.39 is 18.6 Å². The second-order valence-electron chi connectivity index (χ2n) is 3.03. The minimum absolute atomic E-state index is 0.0495. The summed E-state index contributed by atoms with van der Waals surface area (Å²) in [6.45, 7) is 1.33. The second kappa shape index (κ2) is 4.47. The third-order valence-electron chi connectivity index (χ3n) is 1.51. The molecule has 0 amide bonds. The fourth-order valence-corrected chi connectivity index (χ4v) is 0.801. The lowest BCUT2D eigenvalue weighted by molar-refractivity contribution is -0.131. The summed E-state index contributed by atoms with van der Waals surface area (Å²) in [5, 5.41) is 9.39. The average molecular weight is 224 g/mol. The summed E-state index contributed by atoms with van der Waals surface area (Å²) in [7, 11) is 0. The number of rotatable bonds is 4. The lowest BCUT2D eigenvalue weighted by Crippen LogP contribution is -2.14. The first-order chi connectivity index (χ1) is 6.88. The molecular weight excluding hydrogens is 213 g/mol. The summed E-state index contributed by atoms with van der Waals surface area (Å²) < 4.78 is 40.2. The molecule has 5 nitrogen and oxygen atoms in total. The molecule has 1 unspecified atom stereocenters. The second-order valence-corrected chi connectivity index (χ2v) is 3.03. The van der Waals surface area contributed by atoms with Gasteiger partial charge in [-0.3, -0.25) is 0 Å². The van der Waals surface area contributed by atoms with Crippen LogP contribution in [0.5, 0.6) is 0 Å². The Morgan fingerprint density at radius 2 is 2.13 bits per heavy atom. The van der Waals surface area contributed by atoms with E-state index in [1.54, 1.807) is 6.92 Å². The molecule has 0 aliphatic heterocycles. The van der Waals surface area contributed by atoms with Crippen LogP contribution in [0.4, 0.5) is 19.2 Å². The van der Waals surface area contributed by atoms with Gasteiger partial charge in [0.1, 0.15) is 0 Å². The first-order valence-corrected chi connectivity index (χ1v) is 4.28. The largest absolute Gasteiger partial charge is 0.406 e. The average Bonchev–Trinajstić information content (AvgIpc) is 2.50. The molecule has 1 aromatic heterocycles. The third kappa shape index (κ3) is 4.15. The van der Waals surface area contributed by atoms with E-state index in [2.05, 4.69) is 15.5 Å². The van der Waals surface area contributed by atoms with Crippen LogP contribution in [0.3, 0.4) is 0 Å². The molecule has 1 rings (SSSR count). The highest BCUT2D eigenvalue weighted by Crippen LogP contribution is 2.19. The lowest BCUT2D eigenvalue weighted by atomic mass is 10.4. The Balaban J connectivity index is 2.38. The van der Waals surface area contributed by atoms with Crippen molar-refractivity contribution in [1.82, 2.24) is 10.2 Å². The van der Waals surface area contributed by atoms with Gasteiger partial charge in [0.25, 0.3) is 0 Å². The normalized spacial score (nSPS) is 13.9. The van der Waals surface area contributed by atoms with Gasteiger partial charge in [-0.2, -0.15) is 13.2 Å². The molecule has 1 heterocycles. The first kappa shape index (κ1) is 11.8. The van der Waals surface area contributed by atoms with Crippen molar-refractivity contribution in [3.05, 3.63) is 5.89 Å². The van der Waals surface area contributed by atoms with E-state index in [9.17, 15) is 13.2 Å². The van der Waals surface area contributed by atoms with E-state index >= 15 is 0 Å². The van der Waals surface area contributed by atoms with E-state index in [-0.39, 0.29) is 18.5 Å². The Bertz CT molecular complexity index is 309. The Morgan fingerprint density at radius 3 is 2.60 bits per heavy atom. The van der Waals surface area contributed by atoms with Crippen molar-refractivity contribution in [2.45, 2.75) is 25.6 Å². The molecule has 0 aliphatic rings. The number of aromatic nitrogens is 2. The van der Waals surface area contributed by atoms with Crippen molar-refractivity contribution in [3.8, 4) is 0 Å². The van der Waals surface area contributed by atoms with E-state index in [1.807, 2.05) is 0 Å². The zero-order valence-electron chi connectivity index (χ0n) is 8.01. The number of hydrogen-bond donors (Lipinski definition) is 2. The molecular formula is C7H11F3N4O. The highest BCUT2D eigenvalue weighted by atomic mass is 19.4. The molecule has 0 saturated heterocycles. The van der Waals surface area contributed by atoms with Gasteiger partial charge < -0.3 is 15.5 Å². The third-order valence-corrected chi connectivity index (χ3v) is 1.51. The number of alkyl halides is 3. The van der Waals surface area contributed by atoms with Crippen LogP contribution in [0.1, 0.15) is 25.3 Å². The molecule has 1 aromatic rings. The maximum Gasteiger partial charge on any atom is 0.390 e. The summed E-state index contributed by atoms with van der Waals surface area (Å²) in [5.74, 6) is 0.185. The van der Waals surface area contributed by atoms with Crippen LogP contribution in [-0.4, -0.2) is 22.9 Å². The molecule has 86 valence electrons. The number of nitrogens with two attached hydrogens (primary N) is 1. The quantitative estimate of drug-likeness (QED) is 0.809. The summed E-state index contributed by atoms with van der Waals surface area (Å²) >= 11 is 0. The van der Waals surface area contributed by atoms with Gasteiger partial charge in [0.05, 0.1) is 12.5 Å². The zero-order chi connectivity index (χ0) is 11.5.